The van der Waals surface area contributed by atoms with E-state index in [0.717, 1.165) is 38.8 Å². The summed E-state index contributed by atoms with van der Waals surface area (Å²) in [5.74, 6) is 1.47. The predicted molar refractivity (Wildman–Crippen MR) is 76.0 cm³/mol. The third kappa shape index (κ3) is 4.60. The highest BCUT2D eigenvalue weighted by Gasteiger charge is 2.17. The summed E-state index contributed by atoms with van der Waals surface area (Å²) in [6.45, 7) is 4.96. The smallest absolute Gasteiger partial charge is 0.0469 e. The van der Waals surface area contributed by atoms with E-state index in [1.807, 2.05) is 0 Å². The van der Waals surface area contributed by atoms with E-state index in [9.17, 15) is 0 Å². The lowest BCUT2D eigenvalue weighted by Crippen LogP contribution is -2.33. The van der Waals surface area contributed by atoms with Crippen molar-refractivity contribution >= 4 is 11.6 Å². The van der Waals surface area contributed by atoms with E-state index in [0.29, 0.717) is 5.88 Å². The van der Waals surface area contributed by atoms with Crippen molar-refractivity contribution in [1.29, 1.82) is 0 Å². The molecule has 1 aromatic rings. The molecular formula is C15H22ClNO. The summed E-state index contributed by atoms with van der Waals surface area (Å²) in [5, 5.41) is 0. The second-order valence-corrected chi connectivity index (χ2v) is 5.34. The first-order valence-electron chi connectivity index (χ1n) is 6.78. The van der Waals surface area contributed by atoms with Gasteiger partial charge in [-0.05, 0) is 24.3 Å². The molecule has 0 amide bonds. The zero-order valence-electron chi connectivity index (χ0n) is 10.9. The van der Waals surface area contributed by atoms with Gasteiger partial charge in [0.1, 0.15) is 0 Å². The number of hydrogen-bond acceptors (Lipinski definition) is 2. The van der Waals surface area contributed by atoms with Gasteiger partial charge in [0.05, 0.1) is 0 Å². The summed E-state index contributed by atoms with van der Waals surface area (Å²) >= 11 is 5.91. The molecule has 1 aromatic carbocycles. The summed E-state index contributed by atoms with van der Waals surface area (Å²) in [6, 6.07) is 10.6. The van der Waals surface area contributed by atoms with Gasteiger partial charge in [0.2, 0.25) is 0 Å². The summed E-state index contributed by atoms with van der Waals surface area (Å²) in [7, 11) is 0. The maximum Gasteiger partial charge on any atom is 0.0469 e. The van der Waals surface area contributed by atoms with E-state index in [-0.39, 0.29) is 0 Å². The van der Waals surface area contributed by atoms with E-state index >= 15 is 0 Å². The van der Waals surface area contributed by atoms with Gasteiger partial charge >= 0.3 is 0 Å². The molecule has 0 saturated carbocycles. The normalized spacial score (nSPS) is 17.2. The van der Waals surface area contributed by atoms with Crippen LogP contribution < -0.4 is 0 Å². The number of hydrogen-bond donors (Lipinski definition) is 0. The van der Waals surface area contributed by atoms with Crippen molar-refractivity contribution in [3.05, 3.63) is 35.9 Å². The van der Waals surface area contributed by atoms with Crippen molar-refractivity contribution in [2.24, 2.45) is 5.92 Å². The van der Waals surface area contributed by atoms with Gasteiger partial charge in [-0.3, -0.25) is 4.90 Å². The van der Waals surface area contributed by atoms with Crippen LogP contribution in [0.3, 0.4) is 0 Å². The van der Waals surface area contributed by atoms with Crippen molar-refractivity contribution < 1.29 is 4.74 Å². The van der Waals surface area contributed by atoms with E-state index in [1.165, 1.54) is 18.4 Å². The van der Waals surface area contributed by atoms with Crippen molar-refractivity contribution in [2.45, 2.75) is 19.4 Å². The Morgan fingerprint density at radius 3 is 2.56 bits per heavy atom. The lowest BCUT2D eigenvalue weighted by Gasteiger charge is -2.29. The standard InChI is InChI=1S/C15H22ClNO/c16-8-9-17(12-14-4-2-1-3-5-14)13-15-6-10-18-11-7-15/h1-5,15H,6-13H2. The van der Waals surface area contributed by atoms with E-state index in [1.54, 1.807) is 0 Å². The van der Waals surface area contributed by atoms with Gasteiger partial charge in [0.25, 0.3) is 0 Å². The Morgan fingerprint density at radius 2 is 1.89 bits per heavy atom. The molecule has 1 aliphatic heterocycles. The van der Waals surface area contributed by atoms with Crippen LogP contribution in [0.4, 0.5) is 0 Å². The molecule has 100 valence electrons. The van der Waals surface area contributed by atoms with Crippen LogP contribution in [0.1, 0.15) is 18.4 Å². The quantitative estimate of drug-likeness (QED) is 0.734. The highest BCUT2D eigenvalue weighted by molar-refractivity contribution is 6.18. The first-order chi connectivity index (χ1) is 8.88. The molecule has 1 aliphatic rings. The van der Waals surface area contributed by atoms with E-state index in [2.05, 4.69) is 35.2 Å². The molecule has 3 heteroatoms. The zero-order valence-corrected chi connectivity index (χ0v) is 11.6. The third-order valence-electron chi connectivity index (χ3n) is 3.51. The zero-order chi connectivity index (χ0) is 12.6. The lowest BCUT2D eigenvalue weighted by molar-refractivity contribution is 0.0523. The van der Waals surface area contributed by atoms with Crippen molar-refractivity contribution in [3.8, 4) is 0 Å². The molecule has 0 aromatic heterocycles. The van der Waals surface area contributed by atoms with Gasteiger partial charge in [-0.1, -0.05) is 30.3 Å². The van der Waals surface area contributed by atoms with Crippen LogP contribution in [0.15, 0.2) is 30.3 Å². The van der Waals surface area contributed by atoms with Crippen LogP contribution in [-0.2, 0) is 11.3 Å². The number of benzene rings is 1. The molecule has 0 unspecified atom stereocenters. The minimum Gasteiger partial charge on any atom is -0.381 e. The maximum atomic E-state index is 5.91. The summed E-state index contributed by atoms with van der Waals surface area (Å²) < 4.78 is 5.41. The van der Waals surface area contributed by atoms with Gasteiger partial charge in [-0.15, -0.1) is 11.6 Å². The number of nitrogens with zero attached hydrogens (tertiary/aromatic N) is 1. The number of rotatable bonds is 6. The van der Waals surface area contributed by atoms with Crippen LogP contribution in [0.2, 0.25) is 0 Å². The molecule has 1 heterocycles. The minimum absolute atomic E-state index is 0.704. The van der Waals surface area contributed by atoms with Crippen LogP contribution in [0, 0.1) is 5.92 Å². The molecule has 2 rings (SSSR count). The van der Waals surface area contributed by atoms with Crippen LogP contribution in [0.5, 0.6) is 0 Å². The van der Waals surface area contributed by atoms with Gasteiger partial charge < -0.3 is 4.74 Å². The van der Waals surface area contributed by atoms with Gasteiger partial charge in [0, 0.05) is 38.7 Å². The average molecular weight is 268 g/mol. The molecular weight excluding hydrogens is 246 g/mol. The molecule has 0 N–H and O–H groups in total. The predicted octanol–water partition coefficient (Wildman–Crippen LogP) is 3.15. The van der Waals surface area contributed by atoms with Crippen molar-refractivity contribution in [2.75, 3.05) is 32.2 Å². The highest BCUT2D eigenvalue weighted by Crippen LogP contribution is 2.17. The van der Waals surface area contributed by atoms with Crippen LogP contribution in [0.25, 0.3) is 0 Å². The number of ether oxygens (including phenoxy) is 1. The first kappa shape index (κ1) is 13.9. The maximum absolute atomic E-state index is 5.91. The topological polar surface area (TPSA) is 12.5 Å². The largest absolute Gasteiger partial charge is 0.381 e. The summed E-state index contributed by atoms with van der Waals surface area (Å²) in [5.41, 5.74) is 1.37. The number of alkyl halides is 1. The second kappa shape index (κ2) is 7.78. The van der Waals surface area contributed by atoms with E-state index in [4.69, 9.17) is 16.3 Å². The fourth-order valence-electron chi connectivity index (χ4n) is 2.49. The monoisotopic (exact) mass is 267 g/mol. The third-order valence-corrected chi connectivity index (χ3v) is 3.68. The first-order valence-corrected chi connectivity index (χ1v) is 7.32. The Kier molecular flexibility index (Phi) is 5.98. The second-order valence-electron chi connectivity index (χ2n) is 4.97. The van der Waals surface area contributed by atoms with Crippen molar-refractivity contribution in [1.82, 2.24) is 4.90 Å². The Bertz CT molecular complexity index is 325. The Hall–Kier alpha value is -0.570. The highest BCUT2D eigenvalue weighted by atomic mass is 35.5. The summed E-state index contributed by atoms with van der Waals surface area (Å²) in [6.07, 6.45) is 2.38. The molecule has 18 heavy (non-hydrogen) atoms. The van der Waals surface area contributed by atoms with Crippen LogP contribution in [-0.4, -0.2) is 37.1 Å². The molecule has 2 nitrogen and oxygen atoms in total. The minimum atomic E-state index is 0.704. The van der Waals surface area contributed by atoms with Gasteiger partial charge in [-0.2, -0.15) is 0 Å². The summed E-state index contributed by atoms with van der Waals surface area (Å²) in [4.78, 5) is 2.47. The Balaban J connectivity index is 1.86. The molecule has 1 fully saturated rings. The fraction of sp³-hybridized carbons (Fsp3) is 0.600. The molecule has 0 radical (unpaired) electrons. The van der Waals surface area contributed by atoms with Crippen molar-refractivity contribution in [3.63, 3.8) is 0 Å². The SMILES string of the molecule is ClCCN(Cc1ccccc1)CC1CCOCC1. The Morgan fingerprint density at radius 1 is 1.17 bits per heavy atom. The average Bonchev–Trinajstić information content (AvgIpc) is 2.41. The Labute approximate surface area is 115 Å². The van der Waals surface area contributed by atoms with E-state index < -0.39 is 0 Å². The molecule has 0 bridgehead atoms. The fourth-order valence-corrected chi connectivity index (χ4v) is 2.73. The molecule has 1 saturated heterocycles. The van der Waals surface area contributed by atoms with Gasteiger partial charge in [0.15, 0.2) is 0 Å². The van der Waals surface area contributed by atoms with Crippen LogP contribution >= 0.6 is 11.6 Å². The number of halogens is 1. The van der Waals surface area contributed by atoms with Gasteiger partial charge in [-0.25, -0.2) is 0 Å². The molecule has 0 atom stereocenters. The molecule has 0 aliphatic carbocycles. The molecule has 0 spiro atoms. The lowest BCUT2D eigenvalue weighted by atomic mass is 9.99.